The maximum Gasteiger partial charge on any atom is 0.225 e. The highest BCUT2D eigenvalue weighted by Gasteiger charge is 2.31. The molecule has 2 aliphatic rings. The highest BCUT2D eigenvalue weighted by atomic mass is 16.5. The van der Waals surface area contributed by atoms with Gasteiger partial charge in [-0.3, -0.25) is 9.59 Å². The molecular weight excluding hydrogens is 328 g/mol. The molecule has 1 heterocycles. The van der Waals surface area contributed by atoms with Crippen LogP contribution in [0.2, 0.25) is 0 Å². The second-order valence-corrected chi connectivity index (χ2v) is 7.39. The Bertz CT molecular complexity index is 576. The second-order valence-electron chi connectivity index (χ2n) is 7.39. The van der Waals surface area contributed by atoms with Gasteiger partial charge in [-0.05, 0) is 44.2 Å². The number of rotatable bonds is 7. The molecule has 3 rings (SSSR count). The van der Waals surface area contributed by atoms with Gasteiger partial charge in [0.1, 0.15) is 5.75 Å². The molecule has 1 saturated heterocycles. The summed E-state index contributed by atoms with van der Waals surface area (Å²) in [6, 6.07) is 9.71. The second kappa shape index (κ2) is 9.60. The summed E-state index contributed by atoms with van der Waals surface area (Å²) in [5, 5.41) is 3.02. The standard InChI is InChI=1S/C21H30N2O3/c24-20(22-13-6-16-26-19-9-2-1-3-10-19)17-11-14-23(15-12-17)21(25)18-7-4-5-8-18/h1-3,9-10,17-18H,4-8,11-16H2,(H,22,24). The Kier molecular flexibility index (Phi) is 6.92. The smallest absolute Gasteiger partial charge is 0.225 e. The summed E-state index contributed by atoms with van der Waals surface area (Å²) in [6.45, 7) is 2.68. The molecule has 1 aliphatic heterocycles. The van der Waals surface area contributed by atoms with Crippen LogP contribution in [-0.2, 0) is 9.59 Å². The number of para-hydroxylation sites is 1. The van der Waals surface area contributed by atoms with Crippen molar-refractivity contribution in [3.63, 3.8) is 0 Å². The van der Waals surface area contributed by atoms with Crippen LogP contribution in [0, 0.1) is 11.8 Å². The zero-order valence-corrected chi connectivity index (χ0v) is 15.5. The molecule has 1 aromatic carbocycles. The summed E-state index contributed by atoms with van der Waals surface area (Å²) in [7, 11) is 0. The fraction of sp³-hybridized carbons (Fsp3) is 0.619. The minimum absolute atomic E-state index is 0.0395. The van der Waals surface area contributed by atoms with Crippen LogP contribution in [0.15, 0.2) is 30.3 Å². The number of amides is 2. The lowest BCUT2D eigenvalue weighted by Crippen LogP contribution is -2.44. The van der Waals surface area contributed by atoms with Crippen molar-refractivity contribution in [1.29, 1.82) is 0 Å². The molecule has 142 valence electrons. The molecule has 0 radical (unpaired) electrons. The minimum Gasteiger partial charge on any atom is -0.494 e. The van der Waals surface area contributed by atoms with Gasteiger partial charge in [-0.25, -0.2) is 0 Å². The topological polar surface area (TPSA) is 58.6 Å². The van der Waals surface area contributed by atoms with Crippen molar-refractivity contribution in [2.75, 3.05) is 26.2 Å². The molecule has 2 amide bonds. The molecule has 2 fully saturated rings. The summed E-state index contributed by atoms with van der Waals surface area (Å²) >= 11 is 0. The van der Waals surface area contributed by atoms with Crippen molar-refractivity contribution in [3.05, 3.63) is 30.3 Å². The molecule has 5 heteroatoms. The van der Waals surface area contributed by atoms with E-state index in [4.69, 9.17) is 4.74 Å². The van der Waals surface area contributed by atoms with E-state index in [-0.39, 0.29) is 17.7 Å². The monoisotopic (exact) mass is 358 g/mol. The lowest BCUT2D eigenvalue weighted by atomic mass is 9.94. The molecular formula is C21H30N2O3. The van der Waals surface area contributed by atoms with Crippen LogP contribution >= 0.6 is 0 Å². The van der Waals surface area contributed by atoms with E-state index in [1.54, 1.807) is 0 Å². The van der Waals surface area contributed by atoms with Crippen LogP contribution in [0.1, 0.15) is 44.9 Å². The Morgan fingerprint density at radius 1 is 1.00 bits per heavy atom. The first-order valence-electron chi connectivity index (χ1n) is 9.98. The number of nitrogens with zero attached hydrogens (tertiary/aromatic N) is 1. The van der Waals surface area contributed by atoms with Gasteiger partial charge in [-0.1, -0.05) is 31.0 Å². The first-order chi connectivity index (χ1) is 12.7. The predicted molar refractivity (Wildman–Crippen MR) is 101 cm³/mol. The van der Waals surface area contributed by atoms with Crippen molar-refractivity contribution in [1.82, 2.24) is 10.2 Å². The van der Waals surface area contributed by atoms with E-state index in [0.717, 1.165) is 50.9 Å². The molecule has 0 atom stereocenters. The minimum atomic E-state index is 0.0395. The van der Waals surface area contributed by atoms with E-state index in [2.05, 4.69) is 5.32 Å². The van der Waals surface area contributed by atoms with E-state index in [1.165, 1.54) is 12.8 Å². The highest BCUT2D eigenvalue weighted by Crippen LogP contribution is 2.28. The van der Waals surface area contributed by atoms with Crippen molar-refractivity contribution < 1.29 is 14.3 Å². The normalized spacial score (nSPS) is 18.7. The maximum atomic E-state index is 12.4. The zero-order valence-electron chi connectivity index (χ0n) is 15.5. The van der Waals surface area contributed by atoms with Crippen LogP contribution in [0.25, 0.3) is 0 Å². The van der Waals surface area contributed by atoms with Gasteiger partial charge < -0.3 is 15.0 Å². The first-order valence-corrected chi connectivity index (χ1v) is 9.98. The zero-order chi connectivity index (χ0) is 18.2. The first kappa shape index (κ1) is 18.7. The highest BCUT2D eigenvalue weighted by molar-refractivity contribution is 5.81. The largest absolute Gasteiger partial charge is 0.494 e. The quantitative estimate of drug-likeness (QED) is 0.762. The Labute approximate surface area is 156 Å². The van der Waals surface area contributed by atoms with Crippen molar-refractivity contribution in [3.8, 4) is 5.75 Å². The van der Waals surface area contributed by atoms with E-state index in [0.29, 0.717) is 19.1 Å². The van der Waals surface area contributed by atoms with Crippen LogP contribution < -0.4 is 10.1 Å². The van der Waals surface area contributed by atoms with Gasteiger partial charge in [0, 0.05) is 31.5 Å². The van der Waals surface area contributed by atoms with Crippen molar-refractivity contribution in [2.24, 2.45) is 11.8 Å². The molecule has 0 aromatic heterocycles. The Morgan fingerprint density at radius 2 is 1.69 bits per heavy atom. The average molecular weight is 358 g/mol. The Morgan fingerprint density at radius 3 is 2.38 bits per heavy atom. The van der Waals surface area contributed by atoms with Crippen molar-refractivity contribution in [2.45, 2.75) is 44.9 Å². The third-order valence-corrected chi connectivity index (χ3v) is 5.51. The molecule has 0 bridgehead atoms. The molecule has 0 unspecified atom stereocenters. The van der Waals surface area contributed by atoms with Gasteiger partial charge in [0.05, 0.1) is 6.61 Å². The number of ether oxygens (including phenoxy) is 1. The van der Waals surface area contributed by atoms with E-state index in [9.17, 15) is 9.59 Å². The number of piperidine rings is 1. The maximum absolute atomic E-state index is 12.4. The summed E-state index contributed by atoms with van der Waals surface area (Å²) < 4.78 is 5.63. The molecule has 1 N–H and O–H groups in total. The molecule has 1 saturated carbocycles. The molecule has 1 aromatic rings. The molecule has 26 heavy (non-hydrogen) atoms. The number of carbonyl (C=O) groups is 2. The van der Waals surface area contributed by atoms with Crippen LogP contribution in [0.5, 0.6) is 5.75 Å². The van der Waals surface area contributed by atoms with E-state index >= 15 is 0 Å². The summed E-state index contributed by atoms with van der Waals surface area (Å²) in [5.74, 6) is 1.58. The average Bonchev–Trinajstić information content (AvgIpc) is 3.23. The Hall–Kier alpha value is -2.04. The SMILES string of the molecule is O=C(NCCCOc1ccccc1)C1CCN(C(=O)C2CCCC2)CC1. The Balaban J connectivity index is 1.29. The van der Waals surface area contributed by atoms with Gasteiger partial charge in [-0.15, -0.1) is 0 Å². The van der Waals surface area contributed by atoms with Crippen molar-refractivity contribution >= 4 is 11.8 Å². The molecule has 5 nitrogen and oxygen atoms in total. The van der Waals surface area contributed by atoms with Gasteiger partial charge in [0.25, 0.3) is 0 Å². The van der Waals surface area contributed by atoms with Gasteiger partial charge in [0.2, 0.25) is 11.8 Å². The lowest BCUT2D eigenvalue weighted by molar-refractivity contribution is -0.139. The number of hydrogen-bond donors (Lipinski definition) is 1. The third kappa shape index (κ3) is 5.23. The lowest BCUT2D eigenvalue weighted by Gasteiger charge is -2.33. The molecule has 0 spiro atoms. The van der Waals surface area contributed by atoms with E-state index in [1.807, 2.05) is 35.2 Å². The number of likely N-dealkylation sites (tertiary alicyclic amines) is 1. The van der Waals surface area contributed by atoms with Crippen LogP contribution in [0.4, 0.5) is 0 Å². The summed E-state index contributed by atoms with van der Waals surface area (Å²) in [6.07, 6.45) is 6.82. The third-order valence-electron chi connectivity index (χ3n) is 5.51. The molecule has 1 aliphatic carbocycles. The van der Waals surface area contributed by atoms with Gasteiger partial charge in [0.15, 0.2) is 0 Å². The summed E-state index contributed by atoms with van der Waals surface area (Å²) in [5.41, 5.74) is 0. The number of carbonyl (C=O) groups excluding carboxylic acids is 2. The number of nitrogens with one attached hydrogen (secondary N) is 1. The van der Waals surface area contributed by atoms with Crippen LogP contribution in [0.3, 0.4) is 0 Å². The van der Waals surface area contributed by atoms with Crippen LogP contribution in [-0.4, -0.2) is 43.0 Å². The van der Waals surface area contributed by atoms with Gasteiger partial charge in [-0.2, -0.15) is 0 Å². The fourth-order valence-corrected chi connectivity index (χ4v) is 3.93. The van der Waals surface area contributed by atoms with E-state index < -0.39 is 0 Å². The summed E-state index contributed by atoms with van der Waals surface area (Å²) in [4.78, 5) is 26.7. The predicted octanol–water partition coefficient (Wildman–Crippen LogP) is 3.00. The van der Waals surface area contributed by atoms with Gasteiger partial charge >= 0.3 is 0 Å². The number of hydrogen-bond acceptors (Lipinski definition) is 3. The number of benzene rings is 1. The fourth-order valence-electron chi connectivity index (χ4n) is 3.93.